The van der Waals surface area contributed by atoms with Gasteiger partial charge >= 0.3 is 0 Å². The molecule has 0 bridgehead atoms. The molecule has 0 saturated heterocycles. The molecule has 1 rings (SSSR count). The van der Waals surface area contributed by atoms with E-state index in [-0.39, 0.29) is 5.89 Å². The average molecular weight is 127 g/mol. The summed E-state index contributed by atoms with van der Waals surface area (Å²) in [5.74, 6) is -0.116. The molecule has 0 unspecified atom stereocenters. The van der Waals surface area contributed by atoms with Crippen LogP contribution in [0.4, 0.5) is 0 Å². The van der Waals surface area contributed by atoms with Gasteiger partial charge in [-0.3, -0.25) is 0 Å². The summed E-state index contributed by atoms with van der Waals surface area (Å²) in [6.45, 7) is 6.67. The van der Waals surface area contributed by atoms with Crippen LogP contribution in [0.1, 0.15) is 47.8 Å². The Morgan fingerprint density at radius 3 is 2.11 bits per heavy atom. The fourth-order valence-corrected chi connectivity index (χ4v) is 1.35. The minimum absolute atomic E-state index is 0.116. The van der Waals surface area contributed by atoms with Crippen molar-refractivity contribution in [2.45, 2.75) is 46.5 Å². The lowest BCUT2D eigenvalue weighted by Crippen LogP contribution is -2.19. The molecule has 54 valence electrons. The van der Waals surface area contributed by atoms with Gasteiger partial charge in [0.25, 0.3) is 0 Å². The molecule has 0 nitrogen and oxygen atoms in total. The summed E-state index contributed by atoms with van der Waals surface area (Å²) < 4.78 is 7.80. The molecule has 1 fully saturated rings. The van der Waals surface area contributed by atoms with Crippen molar-refractivity contribution in [3.63, 3.8) is 0 Å². The van der Waals surface area contributed by atoms with E-state index >= 15 is 0 Å². The minimum atomic E-state index is -0.116. The maximum absolute atomic E-state index is 7.80. The zero-order valence-electron chi connectivity index (χ0n) is 7.83. The van der Waals surface area contributed by atoms with E-state index in [9.17, 15) is 0 Å². The molecular formula is C9H18. The molecule has 1 aliphatic rings. The fourth-order valence-electron chi connectivity index (χ4n) is 1.35. The highest BCUT2D eigenvalue weighted by Gasteiger charge is 2.23. The van der Waals surface area contributed by atoms with E-state index in [4.69, 9.17) is 1.37 Å². The third-order valence-corrected chi connectivity index (χ3v) is 2.46. The summed E-state index contributed by atoms with van der Waals surface area (Å²) in [6.07, 6.45) is 4.62. The summed E-state index contributed by atoms with van der Waals surface area (Å²) in [6, 6.07) is 0. The van der Waals surface area contributed by atoms with E-state index in [0.717, 1.165) is 12.8 Å². The SMILES string of the molecule is [2H]C1(C)CCC(C)(C)CC1. The van der Waals surface area contributed by atoms with Gasteiger partial charge in [0.15, 0.2) is 0 Å². The third-order valence-electron chi connectivity index (χ3n) is 2.46. The van der Waals surface area contributed by atoms with E-state index < -0.39 is 0 Å². The first-order valence-corrected chi connectivity index (χ1v) is 3.91. The maximum Gasteiger partial charge on any atom is 0.0300 e. The lowest BCUT2D eigenvalue weighted by Gasteiger charge is -2.32. The second kappa shape index (κ2) is 2.32. The van der Waals surface area contributed by atoms with Crippen LogP contribution in [0.25, 0.3) is 0 Å². The number of hydrogen-bond donors (Lipinski definition) is 0. The second-order valence-corrected chi connectivity index (χ2v) is 4.12. The van der Waals surface area contributed by atoms with Crippen LogP contribution in [0.5, 0.6) is 0 Å². The van der Waals surface area contributed by atoms with Crippen molar-refractivity contribution in [2.75, 3.05) is 0 Å². The van der Waals surface area contributed by atoms with Gasteiger partial charge in [-0.2, -0.15) is 0 Å². The monoisotopic (exact) mass is 127 g/mol. The van der Waals surface area contributed by atoms with Gasteiger partial charge in [-0.05, 0) is 24.2 Å². The predicted octanol–water partition coefficient (Wildman–Crippen LogP) is 3.22. The first kappa shape index (κ1) is 5.76. The highest BCUT2D eigenvalue weighted by molar-refractivity contribution is 4.76. The Morgan fingerprint density at radius 2 is 1.78 bits per heavy atom. The van der Waals surface area contributed by atoms with Crippen LogP contribution in [-0.2, 0) is 0 Å². The molecule has 0 aromatic carbocycles. The van der Waals surface area contributed by atoms with Gasteiger partial charge < -0.3 is 0 Å². The first-order chi connectivity index (χ1) is 4.41. The normalized spacial score (nSPS) is 33.4. The van der Waals surface area contributed by atoms with Crippen LogP contribution in [0.2, 0.25) is 0 Å². The van der Waals surface area contributed by atoms with Crippen LogP contribution in [-0.4, -0.2) is 0 Å². The van der Waals surface area contributed by atoms with Crippen molar-refractivity contribution in [1.82, 2.24) is 0 Å². The Kier molecular flexibility index (Phi) is 1.48. The molecule has 0 heterocycles. The molecule has 0 aromatic heterocycles. The summed E-state index contributed by atoms with van der Waals surface area (Å²) in [4.78, 5) is 0. The molecule has 0 aromatic rings. The van der Waals surface area contributed by atoms with Crippen LogP contribution in [0, 0.1) is 11.3 Å². The molecule has 0 N–H and O–H groups in total. The van der Waals surface area contributed by atoms with E-state index in [1.165, 1.54) is 12.8 Å². The summed E-state index contributed by atoms with van der Waals surface area (Å²) in [5, 5.41) is 0. The Bertz CT molecular complexity index is 96.7. The van der Waals surface area contributed by atoms with Crippen molar-refractivity contribution in [2.24, 2.45) is 11.3 Å². The fraction of sp³-hybridized carbons (Fsp3) is 1.00. The summed E-state index contributed by atoms with van der Waals surface area (Å²) in [7, 11) is 0. The molecule has 0 radical (unpaired) electrons. The Balaban J connectivity index is 2.46. The van der Waals surface area contributed by atoms with Crippen LogP contribution in [0.15, 0.2) is 0 Å². The van der Waals surface area contributed by atoms with E-state index in [0.29, 0.717) is 5.41 Å². The summed E-state index contributed by atoms with van der Waals surface area (Å²) >= 11 is 0. The van der Waals surface area contributed by atoms with Gasteiger partial charge in [0, 0.05) is 1.37 Å². The maximum atomic E-state index is 7.80. The van der Waals surface area contributed by atoms with Gasteiger partial charge in [-0.15, -0.1) is 0 Å². The summed E-state index contributed by atoms with van der Waals surface area (Å²) in [5.41, 5.74) is 0.514. The Morgan fingerprint density at radius 1 is 1.33 bits per heavy atom. The van der Waals surface area contributed by atoms with E-state index in [1.54, 1.807) is 0 Å². The smallest absolute Gasteiger partial charge is 0.0300 e. The third kappa shape index (κ3) is 2.00. The van der Waals surface area contributed by atoms with Crippen LogP contribution >= 0.6 is 0 Å². The van der Waals surface area contributed by atoms with Crippen molar-refractivity contribution < 1.29 is 1.37 Å². The largest absolute Gasteiger partial charge is 0.0625 e. The quantitative estimate of drug-likeness (QED) is 0.468. The highest BCUT2D eigenvalue weighted by atomic mass is 14.3. The average Bonchev–Trinajstić information content (AvgIpc) is 1.79. The number of rotatable bonds is 0. The molecule has 0 amide bonds. The van der Waals surface area contributed by atoms with Crippen LogP contribution < -0.4 is 0 Å². The molecule has 0 spiro atoms. The standard InChI is InChI=1S/C9H18/c1-8-4-6-9(2,3)7-5-8/h8H,4-7H2,1-3H3/i8D. The van der Waals surface area contributed by atoms with Crippen molar-refractivity contribution in [1.29, 1.82) is 0 Å². The Hall–Kier alpha value is 0. The topological polar surface area (TPSA) is 0 Å². The molecule has 9 heavy (non-hydrogen) atoms. The molecule has 0 atom stereocenters. The van der Waals surface area contributed by atoms with E-state index in [1.807, 2.05) is 0 Å². The number of hydrogen-bond acceptors (Lipinski definition) is 0. The predicted molar refractivity (Wildman–Crippen MR) is 41.4 cm³/mol. The lowest BCUT2D eigenvalue weighted by atomic mass is 9.74. The van der Waals surface area contributed by atoms with Crippen LogP contribution in [0.3, 0.4) is 0 Å². The minimum Gasteiger partial charge on any atom is -0.0625 e. The van der Waals surface area contributed by atoms with Gasteiger partial charge in [0.2, 0.25) is 0 Å². The molecule has 0 aliphatic heterocycles. The molecule has 1 aliphatic carbocycles. The van der Waals surface area contributed by atoms with Gasteiger partial charge in [-0.1, -0.05) is 33.6 Å². The Labute approximate surface area is 60.1 Å². The van der Waals surface area contributed by atoms with E-state index in [2.05, 4.69) is 20.8 Å². The highest BCUT2D eigenvalue weighted by Crippen LogP contribution is 2.37. The second-order valence-electron chi connectivity index (χ2n) is 4.12. The van der Waals surface area contributed by atoms with Crippen molar-refractivity contribution in [3.8, 4) is 0 Å². The molecule has 1 saturated carbocycles. The van der Waals surface area contributed by atoms with Gasteiger partial charge in [-0.25, -0.2) is 0 Å². The molecule has 0 heteroatoms. The zero-order valence-corrected chi connectivity index (χ0v) is 6.83. The lowest BCUT2D eigenvalue weighted by molar-refractivity contribution is 0.201. The van der Waals surface area contributed by atoms with Crippen molar-refractivity contribution in [3.05, 3.63) is 0 Å². The zero-order chi connectivity index (χ0) is 7.83. The van der Waals surface area contributed by atoms with Gasteiger partial charge in [0.1, 0.15) is 0 Å². The molecular weight excluding hydrogens is 108 g/mol. The van der Waals surface area contributed by atoms with Crippen molar-refractivity contribution >= 4 is 0 Å². The van der Waals surface area contributed by atoms with Gasteiger partial charge in [0.05, 0.1) is 0 Å². The first-order valence-electron chi connectivity index (χ1n) is 4.41.